The molecule has 0 aliphatic rings. The third-order valence-electron chi connectivity index (χ3n) is 2.51. The highest BCUT2D eigenvalue weighted by Crippen LogP contribution is 2.12. The lowest BCUT2D eigenvalue weighted by atomic mass is 10.1. The van der Waals surface area contributed by atoms with Crippen molar-refractivity contribution >= 4 is 15.9 Å². The molecule has 0 aliphatic carbocycles. The van der Waals surface area contributed by atoms with Crippen molar-refractivity contribution in [3.63, 3.8) is 0 Å². The van der Waals surface area contributed by atoms with Crippen LogP contribution in [0.3, 0.4) is 0 Å². The van der Waals surface area contributed by atoms with Crippen molar-refractivity contribution in [1.29, 1.82) is 0 Å². The molecule has 0 atom stereocenters. The van der Waals surface area contributed by atoms with Gasteiger partial charge in [-0.3, -0.25) is 9.36 Å². The average molecular weight is 295 g/mol. The van der Waals surface area contributed by atoms with E-state index in [2.05, 4.69) is 20.9 Å². The molecule has 0 spiro atoms. The summed E-state index contributed by atoms with van der Waals surface area (Å²) < 4.78 is 2.05. The van der Waals surface area contributed by atoms with Crippen molar-refractivity contribution in [3.8, 4) is 0 Å². The fraction of sp³-hybridized carbons (Fsp3) is 0.167. The maximum absolute atomic E-state index is 11.4. The van der Waals surface area contributed by atoms with Crippen molar-refractivity contribution in [3.05, 3.63) is 66.9 Å². The van der Waals surface area contributed by atoms with Gasteiger partial charge in [-0.1, -0.05) is 28.1 Å². The summed E-state index contributed by atoms with van der Waals surface area (Å²) in [5.41, 5.74) is 0.989. The number of hydrogen-bond acceptors (Lipinski definition) is 2. The quantitative estimate of drug-likeness (QED) is 0.911. The van der Waals surface area contributed by atoms with Gasteiger partial charge in [0.25, 0.3) is 5.56 Å². The van der Waals surface area contributed by atoms with Crippen molar-refractivity contribution in [2.24, 2.45) is 7.05 Å². The summed E-state index contributed by atoms with van der Waals surface area (Å²) in [7, 11) is 1.45. The highest BCUT2D eigenvalue weighted by molar-refractivity contribution is 9.10. The first-order chi connectivity index (χ1) is 8.06. The lowest BCUT2D eigenvalue weighted by Crippen LogP contribution is -2.32. The van der Waals surface area contributed by atoms with Crippen molar-refractivity contribution in [2.45, 2.75) is 6.42 Å². The smallest absolute Gasteiger partial charge is 0.311 e. The Bertz CT molecular complexity index is 610. The van der Waals surface area contributed by atoms with Crippen LogP contribution in [0.5, 0.6) is 0 Å². The number of aromatic amines is 1. The molecular weight excluding hydrogens is 284 g/mol. The molecule has 0 fully saturated rings. The van der Waals surface area contributed by atoms with E-state index in [0.29, 0.717) is 12.1 Å². The lowest BCUT2D eigenvalue weighted by molar-refractivity contribution is 0.758. The fourth-order valence-corrected chi connectivity index (χ4v) is 1.78. The minimum atomic E-state index is -0.385. The molecule has 0 radical (unpaired) electrons. The minimum absolute atomic E-state index is 0.291. The van der Waals surface area contributed by atoms with E-state index in [0.717, 1.165) is 14.6 Å². The van der Waals surface area contributed by atoms with Gasteiger partial charge in [0.15, 0.2) is 0 Å². The molecule has 1 heterocycles. The molecule has 17 heavy (non-hydrogen) atoms. The summed E-state index contributed by atoms with van der Waals surface area (Å²) in [6, 6.07) is 9.19. The molecule has 4 nitrogen and oxygen atoms in total. The second-order valence-corrected chi connectivity index (χ2v) is 4.72. The molecule has 2 rings (SSSR count). The molecule has 0 aliphatic heterocycles. The Morgan fingerprint density at radius 3 is 2.47 bits per heavy atom. The number of H-pyrrole nitrogens is 1. The van der Waals surface area contributed by atoms with Crippen LogP contribution in [-0.4, -0.2) is 9.55 Å². The van der Waals surface area contributed by atoms with Gasteiger partial charge in [0.2, 0.25) is 0 Å². The van der Waals surface area contributed by atoms with E-state index < -0.39 is 0 Å². The molecule has 1 aromatic heterocycles. The summed E-state index contributed by atoms with van der Waals surface area (Å²) in [4.78, 5) is 25.5. The van der Waals surface area contributed by atoms with Gasteiger partial charge in [-0.25, -0.2) is 4.79 Å². The Hall–Kier alpha value is -1.62. The lowest BCUT2D eigenvalue weighted by Gasteiger charge is -2.03. The largest absolute Gasteiger partial charge is 0.328 e. The Morgan fingerprint density at radius 2 is 1.88 bits per heavy atom. The SMILES string of the molecule is Cn1c(=O)cc(Cc2ccc(Br)cc2)[nH]c1=O. The third kappa shape index (κ3) is 2.74. The first-order valence-electron chi connectivity index (χ1n) is 5.10. The summed E-state index contributed by atoms with van der Waals surface area (Å²) in [5, 5.41) is 0. The predicted molar refractivity (Wildman–Crippen MR) is 69.3 cm³/mol. The molecule has 0 bridgehead atoms. The van der Waals surface area contributed by atoms with Gasteiger partial charge in [0, 0.05) is 29.7 Å². The summed E-state index contributed by atoms with van der Waals surface area (Å²) in [6.07, 6.45) is 0.540. The molecule has 0 amide bonds. The Labute approximate surface area is 106 Å². The molecule has 0 saturated carbocycles. The number of hydrogen-bond donors (Lipinski definition) is 1. The minimum Gasteiger partial charge on any atom is -0.311 e. The monoisotopic (exact) mass is 294 g/mol. The van der Waals surface area contributed by atoms with E-state index in [1.165, 1.54) is 13.1 Å². The topological polar surface area (TPSA) is 54.9 Å². The van der Waals surface area contributed by atoms with E-state index in [1.807, 2.05) is 24.3 Å². The van der Waals surface area contributed by atoms with Gasteiger partial charge in [-0.15, -0.1) is 0 Å². The van der Waals surface area contributed by atoms with Crippen LogP contribution < -0.4 is 11.2 Å². The number of nitrogens with one attached hydrogen (secondary N) is 1. The van der Waals surface area contributed by atoms with Gasteiger partial charge in [0.1, 0.15) is 0 Å². The molecule has 5 heteroatoms. The maximum Gasteiger partial charge on any atom is 0.328 e. The zero-order chi connectivity index (χ0) is 12.4. The number of halogens is 1. The highest BCUT2D eigenvalue weighted by Gasteiger charge is 2.02. The summed E-state index contributed by atoms with van der Waals surface area (Å²) in [5.74, 6) is 0. The summed E-state index contributed by atoms with van der Waals surface area (Å²) in [6.45, 7) is 0. The Balaban J connectivity index is 2.34. The predicted octanol–water partition coefficient (Wildman–Crippen LogP) is 1.43. The number of rotatable bonds is 2. The molecule has 1 aromatic carbocycles. The average Bonchev–Trinajstić information content (AvgIpc) is 2.29. The second kappa shape index (κ2) is 4.71. The molecule has 0 unspecified atom stereocenters. The molecule has 0 saturated heterocycles. The van der Waals surface area contributed by atoms with E-state index in [4.69, 9.17) is 0 Å². The van der Waals surface area contributed by atoms with E-state index in [1.54, 1.807) is 0 Å². The Morgan fingerprint density at radius 1 is 1.24 bits per heavy atom. The van der Waals surface area contributed by atoms with Gasteiger partial charge >= 0.3 is 5.69 Å². The zero-order valence-electron chi connectivity index (χ0n) is 9.24. The second-order valence-electron chi connectivity index (χ2n) is 3.80. The number of benzene rings is 1. The van der Waals surface area contributed by atoms with Crippen LogP contribution in [-0.2, 0) is 13.5 Å². The first kappa shape index (κ1) is 11.9. The maximum atomic E-state index is 11.4. The normalized spacial score (nSPS) is 10.5. The first-order valence-corrected chi connectivity index (χ1v) is 5.89. The van der Waals surface area contributed by atoms with Crippen LogP contribution in [0, 0.1) is 0 Å². The van der Waals surface area contributed by atoms with Crippen LogP contribution in [0.25, 0.3) is 0 Å². The van der Waals surface area contributed by atoms with Crippen molar-refractivity contribution < 1.29 is 0 Å². The van der Waals surface area contributed by atoms with E-state index >= 15 is 0 Å². The number of nitrogens with zero attached hydrogens (tertiary/aromatic N) is 1. The van der Waals surface area contributed by atoms with Crippen LogP contribution in [0.1, 0.15) is 11.3 Å². The molecular formula is C12H11BrN2O2. The van der Waals surface area contributed by atoms with E-state index in [9.17, 15) is 9.59 Å². The van der Waals surface area contributed by atoms with Gasteiger partial charge in [-0.2, -0.15) is 0 Å². The summed E-state index contributed by atoms with van der Waals surface area (Å²) >= 11 is 3.35. The van der Waals surface area contributed by atoms with Crippen molar-refractivity contribution in [1.82, 2.24) is 9.55 Å². The van der Waals surface area contributed by atoms with Crippen molar-refractivity contribution in [2.75, 3.05) is 0 Å². The molecule has 1 N–H and O–H groups in total. The zero-order valence-corrected chi connectivity index (χ0v) is 10.8. The van der Waals surface area contributed by atoms with E-state index in [-0.39, 0.29) is 11.2 Å². The Kier molecular flexibility index (Phi) is 3.28. The molecule has 88 valence electrons. The van der Waals surface area contributed by atoms with Crippen LogP contribution in [0.2, 0.25) is 0 Å². The standard InChI is InChI=1S/C12H11BrN2O2/c1-15-11(16)7-10(14-12(15)17)6-8-2-4-9(13)5-3-8/h2-5,7H,6H2,1H3,(H,14,17). The van der Waals surface area contributed by atoms with Gasteiger partial charge in [0.05, 0.1) is 0 Å². The van der Waals surface area contributed by atoms with Crippen LogP contribution >= 0.6 is 15.9 Å². The fourth-order valence-electron chi connectivity index (χ4n) is 1.52. The third-order valence-corrected chi connectivity index (χ3v) is 3.04. The molecule has 2 aromatic rings. The van der Waals surface area contributed by atoms with Crippen LogP contribution in [0.15, 0.2) is 44.4 Å². The highest BCUT2D eigenvalue weighted by atomic mass is 79.9. The van der Waals surface area contributed by atoms with Gasteiger partial charge in [-0.05, 0) is 17.7 Å². The number of aromatic nitrogens is 2. The van der Waals surface area contributed by atoms with Gasteiger partial charge < -0.3 is 4.98 Å². The van der Waals surface area contributed by atoms with Crippen LogP contribution in [0.4, 0.5) is 0 Å².